The van der Waals surface area contributed by atoms with E-state index in [0.29, 0.717) is 12.1 Å². The number of aliphatic hydroxyl groups excluding tert-OH is 1. The van der Waals surface area contributed by atoms with Crippen LogP contribution in [-0.4, -0.2) is 25.1 Å². The van der Waals surface area contributed by atoms with Crippen LogP contribution in [0.15, 0.2) is 40.7 Å². The molecular weight excluding hydrogens is 308 g/mol. The van der Waals surface area contributed by atoms with Crippen molar-refractivity contribution in [3.05, 3.63) is 46.4 Å². The second kappa shape index (κ2) is 6.65. The van der Waals surface area contributed by atoms with Crippen molar-refractivity contribution < 1.29 is 13.5 Å². The molecule has 2 rings (SSSR count). The molecule has 0 saturated carbocycles. The summed E-state index contributed by atoms with van der Waals surface area (Å²) < 4.78 is 27.0. The second-order valence-corrected chi connectivity index (χ2v) is 7.56. The van der Waals surface area contributed by atoms with E-state index in [1.807, 2.05) is 12.3 Å². The minimum Gasteiger partial charge on any atom is -0.389 e. The maximum Gasteiger partial charge on any atom is 0.240 e. The number of hydrogen-bond acceptors (Lipinski definition) is 5. The number of sulfonamides is 1. The van der Waals surface area contributed by atoms with E-state index in [-0.39, 0.29) is 10.8 Å². The van der Waals surface area contributed by atoms with E-state index in [9.17, 15) is 13.5 Å². The molecule has 2 atom stereocenters. The Balaban J connectivity index is 2.04. The number of thiazole rings is 1. The summed E-state index contributed by atoms with van der Waals surface area (Å²) in [4.78, 5) is 4.37. The van der Waals surface area contributed by atoms with Crippen molar-refractivity contribution in [1.82, 2.24) is 9.71 Å². The third-order valence-corrected chi connectivity index (χ3v) is 5.57. The maximum absolute atomic E-state index is 12.2. The molecule has 0 bridgehead atoms. The Morgan fingerprint density at radius 1 is 1.29 bits per heavy atom. The Hall–Kier alpha value is -1.28. The van der Waals surface area contributed by atoms with Crippen molar-refractivity contribution in [2.45, 2.75) is 30.8 Å². The highest BCUT2D eigenvalue weighted by molar-refractivity contribution is 7.89. The molecule has 0 aliphatic rings. The van der Waals surface area contributed by atoms with Crippen LogP contribution in [0.1, 0.15) is 36.4 Å². The van der Waals surface area contributed by atoms with Crippen LogP contribution >= 0.6 is 11.3 Å². The zero-order valence-electron chi connectivity index (χ0n) is 11.9. The summed E-state index contributed by atoms with van der Waals surface area (Å²) in [6.07, 6.45) is 1.10. The summed E-state index contributed by atoms with van der Waals surface area (Å²) in [6, 6.07) is 6.23. The van der Waals surface area contributed by atoms with Gasteiger partial charge in [0, 0.05) is 24.0 Å². The van der Waals surface area contributed by atoms with Crippen molar-refractivity contribution in [3.8, 4) is 0 Å². The van der Waals surface area contributed by atoms with Crippen LogP contribution in [-0.2, 0) is 10.0 Å². The van der Waals surface area contributed by atoms with Gasteiger partial charge in [-0.2, -0.15) is 0 Å². The third-order valence-electron chi connectivity index (χ3n) is 3.13. The van der Waals surface area contributed by atoms with E-state index in [1.165, 1.54) is 23.5 Å². The topological polar surface area (TPSA) is 79.3 Å². The minimum atomic E-state index is -3.54. The number of hydrogen-bond donors (Lipinski definition) is 2. The fourth-order valence-corrected chi connectivity index (χ4v) is 3.64. The highest BCUT2D eigenvalue weighted by atomic mass is 32.2. The predicted octanol–water partition coefficient (Wildman–Crippen LogP) is 2.28. The molecule has 2 aromatic rings. The number of benzene rings is 1. The number of nitrogens with zero attached hydrogens (tertiary/aromatic N) is 1. The summed E-state index contributed by atoms with van der Waals surface area (Å²) in [7, 11) is -3.54. The van der Waals surface area contributed by atoms with Gasteiger partial charge in [0.2, 0.25) is 10.0 Å². The van der Waals surface area contributed by atoms with E-state index < -0.39 is 16.1 Å². The summed E-state index contributed by atoms with van der Waals surface area (Å²) in [5, 5.41) is 12.2. The van der Waals surface area contributed by atoms with Gasteiger partial charge < -0.3 is 5.11 Å². The standard InChI is InChI=1S/C14H18N2O3S2/c1-10(14-15-7-8-20-14)9-16-21(18,19)13-5-3-12(4-6-13)11(2)17/h3-8,10-11,16-17H,9H2,1-2H3. The molecule has 0 fully saturated rings. The van der Waals surface area contributed by atoms with Crippen molar-refractivity contribution in [2.75, 3.05) is 6.54 Å². The van der Waals surface area contributed by atoms with Crippen LogP contribution in [0.4, 0.5) is 0 Å². The SMILES string of the molecule is CC(O)c1ccc(S(=O)(=O)NCC(C)c2nccs2)cc1. The Labute approximate surface area is 128 Å². The van der Waals surface area contributed by atoms with E-state index in [2.05, 4.69) is 9.71 Å². The molecule has 0 spiro atoms. The first-order valence-corrected chi connectivity index (χ1v) is 8.93. The first-order chi connectivity index (χ1) is 9.90. The van der Waals surface area contributed by atoms with E-state index in [4.69, 9.17) is 0 Å². The zero-order chi connectivity index (χ0) is 15.5. The Kier molecular flexibility index (Phi) is 5.10. The molecule has 0 aliphatic heterocycles. The molecule has 0 amide bonds. The van der Waals surface area contributed by atoms with Gasteiger partial charge in [-0.3, -0.25) is 0 Å². The van der Waals surface area contributed by atoms with Crippen LogP contribution in [0.5, 0.6) is 0 Å². The number of aromatic nitrogens is 1. The smallest absolute Gasteiger partial charge is 0.240 e. The summed E-state index contributed by atoms with van der Waals surface area (Å²) in [5.74, 6) is 0.0245. The van der Waals surface area contributed by atoms with Crippen LogP contribution in [0.25, 0.3) is 0 Å². The van der Waals surface area contributed by atoms with Crippen LogP contribution < -0.4 is 4.72 Å². The zero-order valence-corrected chi connectivity index (χ0v) is 13.5. The first-order valence-electron chi connectivity index (χ1n) is 6.57. The normalized spacial score (nSPS) is 14.8. The van der Waals surface area contributed by atoms with E-state index >= 15 is 0 Å². The Bertz CT molecular complexity index is 665. The van der Waals surface area contributed by atoms with Gasteiger partial charge >= 0.3 is 0 Å². The molecule has 5 nitrogen and oxygen atoms in total. The van der Waals surface area contributed by atoms with Crippen LogP contribution in [0, 0.1) is 0 Å². The van der Waals surface area contributed by atoms with Crippen molar-refractivity contribution in [2.24, 2.45) is 0 Å². The van der Waals surface area contributed by atoms with Gasteiger partial charge in [0.15, 0.2) is 0 Å². The molecule has 0 saturated heterocycles. The van der Waals surface area contributed by atoms with E-state index in [0.717, 1.165) is 5.01 Å². The molecule has 114 valence electrons. The molecule has 1 aromatic carbocycles. The lowest BCUT2D eigenvalue weighted by molar-refractivity contribution is 0.199. The first kappa shape index (κ1) is 16.1. The maximum atomic E-state index is 12.2. The number of aliphatic hydroxyl groups is 1. The largest absolute Gasteiger partial charge is 0.389 e. The van der Waals surface area contributed by atoms with Crippen molar-refractivity contribution in [1.29, 1.82) is 0 Å². The predicted molar refractivity (Wildman–Crippen MR) is 82.8 cm³/mol. The summed E-state index contributed by atoms with van der Waals surface area (Å²) in [6.45, 7) is 3.86. The highest BCUT2D eigenvalue weighted by Gasteiger charge is 2.17. The van der Waals surface area contributed by atoms with Crippen molar-refractivity contribution >= 4 is 21.4 Å². The Morgan fingerprint density at radius 3 is 2.48 bits per heavy atom. The molecule has 7 heteroatoms. The second-order valence-electron chi connectivity index (χ2n) is 4.87. The number of nitrogens with one attached hydrogen (secondary N) is 1. The number of rotatable bonds is 6. The van der Waals surface area contributed by atoms with Gasteiger partial charge in [0.05, 0.1) is 16.0 Å². The highest BCUT2D eigenvalue weighted by Crippen LogP contribution is 2.19. The molecule has 2 unspecified atom stereocenters. The molecule has 1 heterocycles. The van der Waals surface area contributed by atoms with E-state index in [1.54, 1.807) is 25.3 Å². The van der Waals surface area contributed by atoms with Gasteiger partial charge in [0.25, 0.3) is 0 Å². The summed E-state index contributed by atoms with van der Waals surface area (Å²) in [5.41, 5.74) is 0.685. The van der Waals surface area contributed by atoms with Gasteiger partial charge in [-0.15, -0.1) is 11.3 Å². The molecule has 21 heavy (non-hydrogen) atoms. The summed E-state index contributed by atoms with van der Waals surface area (Å²) >= 11 is 1.51. The minimum absolute atomic E-state index is 0.0245. The lowest BCUT2D eigenvalue weighted by atomic mass is 10.1. The third kappa shape index (κ3) is 4.10. The molecule has 1 aromatic heterocycles. The lowest BCUT2D eigenvalue weighted by Gasteiger charge is -2.11. The van der Waals surface area contributed by atoms with Crippen molar-refractivity contribution in [3.63, 3.8) is 0 Å². The molecular formula is C14H18N2O3S2. The fourth-order valence-electron chi connectivity index (χ4n) is 1.81. The monoisotopic (exact) mass is 326 g/mol. The van der Waals surface area contributed by atoms with Gasteiger partial charge in [-0.05, 0) is 24.6 Å². The molecule has 0 aliphatic carbocycles. The molecule has 0 radical (unpaired) electrons. The molecule has 2 N–H and O–H groups in total. The lowest BCUT2D eigenvalue weighted by Crippen LogP contribution is -2.27. The fraction of sp³-hybridized carbons (Fsp3) is 0.357. The Morgan fingerprint density at radius 2 is 1.95 bits per heavy atom. The van der Waals surface area contributed by atoms with Gasteiger partial charge in [0.1, 0.15) is 0 Å². The average molecular weight is 326 g/mol. The van der Waals surface area contributed by atoms with Gasteiger partial charge in [-0.1, -0.05) is 19.1 Å². The van der Waals surface area contributed by atoms with Crippen LogP contribution in [0.2, 0.25) is 0 Å². The average Bonchev–Trinajstić information content (AvgIpc) is 2.99. The quantitative estimate of drug-likeness (QED) is 0.853. The van der Waals surface area contributed by atoms with Gasteiger partial charge in [-0.25, -0.2) is 18.1 Å². The van der Waals surface area contributed by atoms with Crippen LogP contribution in [0.3, 0.4) is 0 Å².